The van der Waals surface area contributed by atoms with Crippen molar-refractivity contribution in [1.29, 1.82) is 0 Å². The Balaban J connectivity index is 2.20. The smallest absolute Gasteiger partial charge is 0.307 e. The molecule has 0 bridgehead atoms. The predicted octanol–water partition coefficient (Wildman–Crippen LogP) is 4.94. The number of ether oxygens (including phenoxy) is 1. The van der Waals surface area contributed by atoms with Gasteiger partial charge in [-0.05, 0) is 63.6 Å². The molecule has 1 atom stereocenters. The van der Waals surface area contributed by atoms with Gasteiger partial charge in [-0.25, -0.2) is 0 Å². The maximum atomic E-state index is 13.8. The zero-order valence-corrected chi connectivity index (χ0v) is 23.8. The van der Waals surface area contributed by atoms with Crippen LogP contribution in [0.2, 0.25) is 0 Å². The first-order valence-corrected chi connectivity index (χ1v) is 13.4. The van der Waals surface area contributed by atoms with E-state index in [0.29, 0.717) is 22.5 Å². The molecule has 0 heterocycles. The molecule has 1 aliphatic rings. The third-order valence-corrected chi connectivity index (χ3v) is 6.77. The zero-order chi connectivity index (χ0) is 28.9. The molecular weight excluding hydrogens is 496 g/mol. The van der Waals surface area contributed by atoms with Gasteiger partial charge in [-0.15, -0.1) is 0 Å². The first kappa shape index (κ1) is 29.4. The second-order valence-electron chi connectivity index (χ2n) is 9.34. The number of hydrogen-bond donors (Lipinski definition) is 2. The molecule has 0 aromatic heterocycles. The van der Waals surface area contributed by atoms with E-state index in [1.165, 1.54) is 20.8 Å². The van der Waals surface area contributed by atoms with Gasteiger partial charge in [-0.1, -0.05) is 6.07 Å². The average molecular weight is 535 g/mol. The van der Waals surface area contributed by atoms with E-state index in [2.05, 4.69) is 20.4 Å². The minimum Gasteiger partial charge on any atom is -0.429 e. The molecule has 9 heteroatoms. The molecule has 2 aromatic rings. The van der Waals surface area contributed by atoms with Crippen molar-refractivity contribution >= 4 is 51.9 Å². The fraction of sp³-hybridized carbons (Fsp3) is 0.400. The number of carbonyl (C=O) groups excluding carboxylic acids is 4. The van der Waals surface area contributed by atoms with Crippen molar-refractivity contribution in [2.45, 2.75) is 54.4 Å². The van der Waals surface area contributed by atoms with Crippen LogP contribution < -0.4 is 20.4 Å². The molecule has 0 aliphatic heterocycles. The van der Waals surface area contributed by atoms with Crippen LogP contribution >= 0.6 is 0 Å². The monoisotopic (exact) mass is 534 g/mol. The van der Waals surface area contributed by atoms with E-state index in [0.717, 1.165) is 37.6 Å². The van der Waals surface area contributed by atoms with E-state index >= 15 is 0 Å². The summed E-state index contributed by atoms with van der Waals surface area (Å²) >= 11 is 0. The number of amides is 2. The Kier molecular flexibility index (Phi) is 9.51. The van der Waals surface area contributed by atoms with Crippen molar-refractivity contribution in [3.8, 4) is 0 Å². The molecule has 2 N–H and O–H groups in total. The topological polar surface area (TPSA) is 108 Å². The van der Waals surface area contributed by atoms with E-state index in [-0.39, 0.29) is 28.9 Å². The minimum atomic E-state index is -0.885. The number of esters is 1. The number of nitrogens with zero attached hydrogens (tertiary/aromatic N) is 2. The quantitative estimate of drug-likeness (QED) is 0.393. The molecule has 2 amide bonds. The molecular formula is C30H38N4O5. The Hall–Kier alpha value is -4.14. The predicted molar refractivity (Wildman–Crippen MR) is 155 cm³/mol. The molecule has 1 unspecified atom stereocenters. The Morgan fingerprint density at radius 3 is 1.74 bits per heavy atom. The number of benzene rings is 2. The first-order valence-electron chi connectivity index (χ1n) is 13.4. The van der Waals surface area contributed by atoms with Gasteiger partial charge in [-0.2, -0.15) is 0 Å². The molecule has 3 rings (SSSR count). The third-order valence-electron chi connectivity index (χ3n) is 6.77. The lowest BCUT2D eigenvalue weighted by atomic mass is 9.73. The van der Waals surface area contributed by atoms with Crippen molar-refractivity contribution in [2.24, 2.45) is 0 Å². The van der Waals surface area contributed by atoms with Gasteiger partial charge in [0.15, 0.2) is 5.78 Å². The van der Waals surface area contributed by atoms with E-state index in [1.54, 1.807) is 12.1 Å². The van der Waals surface area contributed by atoms with Crippen LogP contribution in [0.1, 0.15) is 65.5 Å². The number of carbonyl (C=O) groups is 4. The maximum Gasteiger partial charge on any atom is 0.307 e. The first-order chi connectivity index (χ1) is 18.6. The molecule has 0 saturated heterocycles. The molecule has 1 aliphatic carbocycles. The second kappa shape index (κ2) is 12.6. The number of hydrogen-bond acceptors (Lipinski definition) is 7. The molecule has 0 radical (unpaired) electrons. The van der Waals surface area contributed by atoms with Crippen LogP contribution in [-0.2, 0) is 23.9 Å². The maximum absolute atomic E-state index is 13.8. The van der Waals surface area contributed by atoms with Gasteiger partial charge in [0.25, 0.3) is 0 Å². The highest BCUT2D eigenvalue weighted by Gasteiger charge is 2.45. The molecule has 9 nitrogen and oxygen atoms in total. The Labute approximate surface area is 230 Å². The number of anilines is 4. The normalized spacial score (nSPS) is 14.4. The number of ketones is 1. The molecule has 208 valence electrons. The summed E-state index contributed by atoms with van der Waals surface area (Å²) in [6.07, 6.45) is 0. The van der Waals surface area contributed by atoms with Gasteiger partial charge in [0.05, 0.1) is 11.3 Å². The number of allylic oxidation sites excluding steroid dienone is 2. The Morgan fingerprint density at radius 2 is 1.26 bits per heavy atom. The largest absolute Gasteiger partial charge is 0.429 e. The number of nitrogens with one attached hydrogen (secondary N) is 2. The van der Waals surface area contributed by atoms with Crippen LogP contribution in [0.5, 0.6) is 0 Å². The van der Waals surface area contributed by atoms with Gasteiger partial charge in [-0.3, -0.25) is 19.2 Å². The van der Waals surface area contributed by atoms with Crippen LogP contribution in [-0.4, -0.2) is 49.7 Å². The van der Waals surface area contributed by atoms with Crippen molar-refractivity contribution in [1.82, 2.24) is 0 Å². The van der Waals surface area contributed by atoms with E-state index in [1.807, 2.05) is 52.0 Å². The van der Waals surface area contributed by atoms with Crippen molar-refractivity contribution in [3.05, 3.63) is 53.3 Å². The molecule has 2 aromatic carbocycles. The lowest BCUT2D eigenvalue weighted by Gasteiger charge is -2.34. The summed E-state index contributed by atoms with van der Waals surface area (Å²) in [6.45, 7) is 15.3. The standard InChI is InChI=1S/C30H38N4O5/c1-8-33(9-2)21-12-14-23(25(16-21)31-18(5)35)27-29(38)28(30(27)39-20(7)37)24-15-13-22(34(10-3)11-4)17-26(24)32-19(6)36/h12-17,27H,8-11H2,1-7H3,(H,31,35)(H,32,36). The third kappa shape index (κ3) is 6.30. The summed E-state index contributed by atoms with van der Waals surface area (Å²) in [6, 6.07) is 11.0. The summed E-state index contributed by atoms with van der Waals surface area (Å²) in [4.78, 5) is 54.3. The van der Waals surface area contributed by atoms with Gasteiger partial charge in [0, 0.05) is 69.6 Å². The Morgan fingerprint density at radius 1 is 0.769 bits per heavy atom. The zero-order valence-electron chi connectivity index (χ0n) is 23.8. The van der Waals surface area contributed by atoms with Gasteiger partial charge in [0.1, 0.15) is 11.7 Å². The Bertz CT molecular complexity index is 1310. The van der Waals surface area contributed by atoms with E-state index in [4.69, 9.17) is 4.74 Å². The van der Waals surface area contributed by atoms with Crippen LogP contribution in [0.4, 0.5) is 22.7 Å². The fourth-order valence-electron chi connectivity index (χ4n) is 4.97. The van der Waals surface area contributed by atoms with Crippen molar-refractivity contribution in [3.63, 3.8) is 0 Å². The molecule has 0 spiro atoms. The average Bonchev–Trinajstić information content (AvgIpc) is 2.87. The molecule has 0 saturated carbocycles. The molecule has 39 heavy (non-hydrogen) atoms. The minimum absolute atomic E-state index is 0.192. The van der Waals surface area contributed by atoms with E-state index < -0.39 is 11.9 Å². The van der Waals surface area contributed by atoms with Crippen molar-refractivity contribution in [2.75, 3.05) is 46.6 Å². The van der Waals surface area contributed by atoms with Crippen LogP contribution in [0.15, 0.2) is 42.2 Å². The van der Waals surface area contributed by atoms with Crippen molar-refractivity contribution < 1.29 is 23.9 Å². The highest BCUT2D eigenvalue weighted by atomic mass is 16.5. The van der Waals surface area contributed by atoms with Crippen LogP contribution in [0.3, 0.4) is 0 Å². The summed E-state index contributed by atoms with van der Waals surface area (Å²) < 4.78 is 5.62. The number of rotatable bonds is 11. The molecule has 0 fully saturated rings. The lowest BCUT2D eigenvalue weighted by molar-refractivity contribution is -0.138. The SMILES string of the molecule is CCN(CC)c1ccc(C2=C(OC(C)=O)C(c3ccc(N(CC)CC)cc3NC(C)=O)C2=O)c(NC(C)=O)c1. The van der Waals surface area contributed by atoms with Gasteiger partial charge < -0.3 is 25.2 Å². The second-order valence-corrected chi connectivity index (χ2v) is 9.34. The lowest BCUT2D eigenvalue weighted by Crippen LogP contribution is -2.32. The van der Waals surface area contributed by atoms with Gasteiger partial charge >= 0.3 is 5.97 Å². The van der Waals surface area contributed by atoms with Crippen LogP contribution in [0.25, 0.3) is 5.57 Å². The summed E-state index contributed by atoms with van der Waals surface area (Å²) in [7, 11) is 0. The van der Waals surface area contributed by atoms with Crippen LogP contribution in [0, 0.1) is 0 Å². The summed E-state index contributed by atoms with van der Waals surface area (Å²) in [5.74, 6) is -2.10. The summed E-state index contributed by atoms with van der Waals surface area (Å²) in [5, 5.41) is 5.67. The van der Waals surface area contributed by atoms with Gasteiger partial charge in [0.2, 0.25) is 11.8 Å². The highest BCUT2D eigenvalue weighted by Crippen LogP contribution is 2.49. The van der Waals surface area contributed by atoms with E-state index in [9.17, 15) is 19.2 Å². The summed E-state index contributed by atoms with van der Waals surface area (Å²) in [5.41, 5.74) is 3.96. The number of Topliss-reactive ketones (excluding diaryl/α,β-unsaturated/α-hetero) is 1. The fourth-order valence-corrected chi connectivity index (χ4v) is 4.97. The highest BCUT2D eigenvalue weighted by molar-refractivity contribution is 6.34.